The molecule has 26 heavy (non-hydrogen) atoms. The van der Waals surface area contributed by atoms with E-state index in [1.165, 1.54) is 23.0 Å². The summed E-state index contributed by atoms with van der Waals surface area (Å²) < 4.78 is 1.04. The van der Waals surface area contributed by atoms with Crippen LogP contribution in [-0.4, -0.2) is 22.4 Å². The van der Waals surface area contributed by atoms with Gasteiger partial charge in [0.15, 0.2) is 5.13 Å². The third-order valence-corrected chi connectivity index (χ3v) is 4.81. The van der Waals surface area contributed by atoms with Crippen molar-refractivity contribution in [2.45, 2.75) is 19.8 Å². The molecule has 0 saturated heterocycles. The van der Waals surface area contributed by atoms with E-state index in [0.29, 0.717) is 17.4 Å². The lowest BCUT2D eigenvalue weighted by Gasteiger charge is -2.06. The molecular formula is C18H18N4O3S. The van der Waals surface area contributed by atoms with Crippen LogP contribution in [0.4, 0.5) is 16.5 Å². The number of aryl methyl sites for hydroxylation is 1. The Morgan fingerprint density at radius 3 is 2.85 bits per heavy atom. The third kappa shape index (κ3) is 4.15. The minimum Gasteiger partial charge on any atom is -0.379 e. The van der Waals surface area contributed by atoms with Crippen LogP contribution in [0, 0.1) is 10.1 Å². The van der Waals surface area contributed by atoms with Crippen molar-refractivity contribution in [3.8, 4) is 0 Å². The Morgan fingerprint density at radius 2 is 2.08 bits per heavy atom. The maximum absolute atomic E-state index is 12.1. The lowest BCUT2D eigenvalue weighted by Crippen LogP contribution is -2.16. The topological polar surface area (TPSA) is 97.2 Å². The lowest BCUT2D eigenvalue weighted by molar-refractivity contribution is -0.384. The first-order chi connectivity index (χ1) is 12.6. The van der Waals surface area contributed by atoms with Gasteiger partial charge in [0.2, 0.25) is 5.91 Å². The van der Waals surface area contributed by atoms with E-state index in [9.17, 15) is 14.9 Å². The molecule has 134 valence electrons. The van der Waals surface area contributed by atoms with Gasteiger partial charge < -0.3 is 10.6 Å². The molecule has 0 aliphatic carbocycles. The fourth-order valence-corrected chi connectivity index (χ4v) is 3.46. The molecule has 0 aliphatic rings. The highest BCUT2D eigenvalue weighted by Gasteiger charge is 2.13. The average molecular weight is 370 g/mol. The predicted molar refractivity (Wildman–Crippen MR) is 104 cm³/mol. The number of benzene rings is 2. The summed E-state index contributed by atoms with van der Waals surface area (Å²) in [4.78, 5) is 27.0. The number of para-hydroxylation sites is 2. The summed E-state index contributed by atoms with van der Waals surface area (Å²) in [6.45, 7) is 2.39. The Bertz CT molecular complexity index is 955. The number of rotatable bonds is 7. The summed E-state index contributed by atoms with van der Waals surface area (Å²) >= 11 is 1.44. The number of hydrogen-bond acceptors (Lipinski definition) is 6. The number of fused-ring (bicyclic) bond motifs is 1. The van der Waals surface area contributed by atoms with Crippen LogP contribution in [0.1, 0.15) is 18.9 Å². The van der Waals surface area contributed by atoms with Gasteiger partial charge in [-0.25, -0.2) is 4.98 Å². The van der Waals surface area contributed by atoms with Crippen LogP contribution in [0.15, 0.2) is 42.5 Å². The largest absolute Gasteiger partial charge is 0.379 e. The van der Waals surface area contributed by atoms with Crippen molar-refractivity contribution >= 4 is 44.0 Å². The average Bonchev–Trinajstić information content (AvgIpc) is 3.03. The summed E-state index contributed by atoms with van der Waals surface area (Å²) in [5.41, 5.74) is 2.48. The number of carbonyl (C=O) groups is 1. The number of nitrogens with zero attached hydrogens (tertiary/aromatic N) is 2. The van der Waals surface area contributed by atoms with Crippen molar-refractivity contribution in [2.24, 2.45) is 0 Å². The van der Waals surface area contributed by atoms with Crippen LogP contribution in [0.5, 0.6) is 0 Å². The van der Waals surface area contributed by atoms with Crippen molar-refractivity contribution in [1.82, 2.24) is 4.98 Å². The Labute approximate surface area is 154 Å². The number of carbonyl (C=O) groups excluding carboxylic acids is 1. The lowest BCUT2D eigenvalue weighted by atomic mass is 10.2. The Hall–Kier alpha value is -3.00. The Morgan fingerprint density at radius 1 is 1.27 bits per heavy atom. The van der Waals surface area contributed by atoms with Crippen LogP contribution in [-0.2, 0) is 11.2 Å². The fourth-order valence-electron chi connectivity index (χ4n) is 2.52. The molecular weight excluding hydrogens is 352 g/mol. The summed E-state index contributed by atoms with van der Waals surface area (Å²) in [6, 6.07) is 12.4. The quantitative estimate of drug-likeness (QED) is 0.480. The molecule has 0 spiro atoms. The molecule has 0 radical (unpaired) electrons. The zero-order valence-corrected chi connectivity index (χ0v) is 15.0. The van der Waals surface area contributed by atoms with E-state index in [0.717, 1.165) is 16.6 Å². The molecule has 3 rings (SSSR count). The van der Waals surface area contributed by atoms with Gasteiger partial charge in [0.1, 0.15) is 5.69 Å². The van der Waals surface area contributed by atoms with E-state index in [4.69, 9.17) is 0 Å². The standard InChI is InChI=1S/C18H18N4O3S/c1-2-12-7-8-14-16(11-12)26-18(20-14)21-17(23)9-10-19-13-5-3-4-6-15(13)22(24)25/h3-8,11,19H,2,9-10H2,1H3,(H,20,21,23). The van der Waals surface area contributed by atoms with Crippen molar-refractivity contribution in [3.05, 3.63) is 58.1 Å². The Balaban J connectivity index is 1.57. The van der Waals surface area contributed by atoms with E-state index in [1.54, 1.807) is 18.2 Å². The molecule has 1 aromatic heterocycles. The first-order valence-corrected chi connectivity index (χ1v) is 9.05. The van der Waals surface area contributed by atoms with Gasteiger partial charge >= 0.3 is 0 Å². The molecule has 2 N–H and O–H groups in total. The van der Waals surface area contributed by atoms with Gasteiger partial charge in [-0.1, -0.05) is 36.5 Å². The van der Waals surface area contributed by atoms with Crippen molar-refractivity contribution in [3.63, 3.8) is 0 Å². The highest BCUT2D eigenvalue weighted by molar-refractivity contribution is 7.22. The van der Waals surface area contributed by atoms with E-state index >= 15 is 0 Å². The van der Waals surface area contributed by atoms with Crippen molar-refractivity contribution in [2.75, 3.05) is 17.2 Å². The van der Waals surface area contributed by atoms with Gasteiger partial charge in [0, 0.05) is 19.0 Å². The first-order valence-electron chi connectivity index (χ1n) is 8.23. The maximum atomic E-state index is 12.1. The number of nitrogens with one attached hydrogen (secondary N) is 2. The van der Waals surface area contributed by atoms with Gasteiger partial charge in [-0.2, -0.15) is 0 Å². The molecule has 8 heteroatoms. The van der Waals surface area contributed by atoms with Gasteiger partial charge in [-0.15, -0.1) is 0 Å². The van der Waals surface area contributed by atoms with Crippen LogP contribution in [0.25, 0.3) is 10.2 Å². The summed E-state index contributed by atoms with van der Waals surface area (Å²) in [5, 5.41) is 17.2. The monoisotopic (exact) mass is 370 g/mol. The van der Waals surface area contributed by atoms with E-state index in [2.05, 4.69) is 28.6 Å². The van der Waals surface area contributed by atoms with Crippen molar-refractivity contribution in [1.29, 1.82) is 0 Å². The Kier molecular flexibility index (Phi) is 5.43. The molecule has 0 bridgehead atoms. The third-order valence-electron chi connectivity index (χ3n) is 3.88. The molecule has 0 saturated carbocycles. The second-order valence-electron chi connectivity index (χ2n) is 5.67. The number of hydrogen-bond donors (Lipinski definition) is 2. The molecule has 7 nitrogen and oxygen atoms in total. The summed E-state index contributed by atoms with van der Waals surface area (Å²) in [5.74, 6) is -0.189. The van der Waals surface area contributed by atoms with E-state index in [-0.39, 0.29) is 18.0 Å². The molecule has 1 heterocycles. The van der Waals surface area contributed by atoms with Crippen LogP contribution in [0.3, 0.4) is 0 Å². The highest BCUT2D eigenvalue weighted by Crippen LogP contribution is 2.27. The van der Waals surface area contributed by atoms with Crippen LogP contribution in [0.2, 0.25) is 0 Å². The minimum atomic E-state index is -0.450. The van der Waals surface area contributed by atoms with Gasteiger partial charge in [0.25, 0.3) is 5.69 Å². The smallest absolute Gasteiger partial charge is 0.292 e. The molecule has 2 aromatic carbocycles. The summed E-state index contributed by atoms with van der Waals surface area (Å²) in [6.07, 6.45) is 1.13. The number of anilines is 2. The molecule has 1 amide bonds. The molecule has 0 unspecified atom stereocenters. The zero-order valence-electron chi connectivity index (χ0n) is 14.2. The predicted octanol–water partition coefficient (Wildman–Crippen LogP) is 4.21. The van der Waals surface area contributed by atoms with E-state index < -0.39 is 4.92 Å². The second-order valence-corrected chi connectivity index (χ2v) is 6.70. The summed E-state index contributed by atoms with van der Waals surface area (Å²) in [7, 11) is 0. The second kappa shape index (κ2) is 7.92. The highest BCUT2D eigenvalue weighted by atomic mass is 32.1. The molecule has 0 aliphatic heterocycles. The zero-order chi connectivity index (χ0) is 18.5. The fraction of sp³-hybridized carbons (Fsp3) is 0.222. The number of aromatic nitrogens is 1. The van der Waals surface area contributed by atoms with Gasteiger partial charge in [-0.3, -0.25) is 14.9 Å². The number of nitro benzene ring substituents is 1. The first kappa shape index (κ1) is 17.8. The van der Waals surface area contributed by atoms with Gasteiger partial charge in [-0.05, 0) is 30.2 Å². The van der Waals surface area contributed by atoms with Crippen molar-refractivity contribution < 1.29 is 9.72 Å². The van der Waals surface area contributed by atoms with Crippen LogP contribution < -0.4 is 10.6 Å². The molecule has 3 aromatic rings. The SMILES string of the molecule is CCc1ccc2nc(NC(=O)CCNc3ccccc3[N+](=O)[O-])sc2c1. The van der Waals surface area contributed by atoms with Crippen LogP contribution >= 0.6 is 11.3 Å². The van der Waals surface area contributed by atoms with Gasteiger partial charge in [0.05, 0.1) is 15.1 Å². The molecule has 0 fully saturated rings. The molecule has 0 atom stereocenters. The minimum absolute atomic E-state index is 0.00851. The van der Waals surface area contributed by atoms with E-state index in [1.807, 2.05) is 12.1 Å². The number of thiazole rings is 1. The number of nitro groups is 1. The maximum Gasteiger partial charge on any atom is 0.292 e. The normalized spacial score (nSPS) is 10.7. The number of amides is 1.